The molecule has 31 heavy (non-hydrogen) atoms. The van der Waals surface area contributed by atoms with Crippen LogP contribution in [0, 0.1) is 0 Å². The monoisotopic (exact) mass is 485 g/mol. The van der Waals surface area contributed by atoms with Crippen molar-refractivity contribution in [3.05, 3.63) is 75.4 Å². The van der Waals surface area contributed by atoms with Gasteiger partial charge in [-0.1, -0.05) is 58.4 Å². The van der Waals surface area contributed by atoms with E-state index in [0.29, 0.717) is 12.3 Å². The van der Waals surface area contributed by atoms with E-state index in [4.69, 9.17) is 9.47 Å². The topological polar surface area (TPSA) is 80.2 Å². The molecule has 0 unspecified atom stereocenters. The summed E-state index contributed by atoms with van der Waals surface area (Å²) in [6.07, 6.45) is 1.61. The van der Waals surface area contributed by atoms with Gasteiger partial charge in [0.1, 0.15) is 13.2 Å². The molecule has 0 radical (unpaired) electrons. The average Bonchev–Trinajstić information content (AvgIpc) is 2.77. The van der Waals surface area contributed by atoms with Crippen molar-refractivity contribution in [1.82, 2.24) is 10.3 Å². The molecule has 2 aromatic carbocycles. The molecule has 162 valence electrons. The van der Waals surface area contributed by atoms with Gasteiger partial charge in [-0.05, 0) is 31.0 Å². The number of nitrogens with zero attached hydrogens (tertiary/aromatic N) is 2. The lowest BCUT2D eigenvalue weighted by molar-refractivity contribution is -0.143. The molecule has 1 heterocycles. The molecule has 0 spiro atoms. The van der Waals surface area contributed by atoms with Gasteiger partial charge >= 0.3 is 5.97 Å². The van der Waals surface area contributed by atoms with Crippen LogP contribution in [-0.2, 0) is 32.2 Å². The van der Waals surface area contributed by atoms with Gasteiger partial charge in [0.05, 0.1) is 13.2 Å². The van der Waals surface area contributed by atoms with Gasteiger partial charge in [-0.2, -0.15) is 5.10 Å². The largest absolute Gasteiger partial charge is 0.486 e. The summed E-state index contributed by atoms with van der Waals surface area (Å²) in [5, 5.41) is 8.57. The van der Waals surface area contributed by atoms with E-state index in [-0.39, 0.29) is 25.5 Å². The second-order valence-electron chi connectivity index (χ2n) is 6.64. The second-order valence-corrected chi connectivity index (χ2v) is 7.49. The number of esters is 1. The second kappa shape index (κ2) is 10.8. The number of rotatable bonds is 8. The Kier molecular flexibility index (Phi) is 7.83. The quantitative estimate of drug-likeness (QED) is 0.453. The van der Waals surface area contributed by atoms with E-state index in [1.165, 1.54) is 0 Å². The summed E-state index contributed by atoms with van der Waals surface area (Å²) in [5.74, 6) is -0.571. The first kappa shape index (κ1) is 22.6. The van der Waals surface area contributed by atoms with Crippen LogP contribution < -0.4 is 5.32 Å². The van der Waals surface area contributed by atoms with Crippen molar-refractivity contribution in [3.8, 4) is 0 Å². The van der Waals surface area contributed by atoms with Crippen LogP contribution in [0.25, 0.3) is 5.76 Å². The molecular formula is C23H24BrN3O4. The number of carbonyl (C=O) groups is 2. The first-order valence-corrected chi connectivity index (χ1v) is 10.7. The molecule has 0 atom stereocenters. The zero-order chi connectivity index (χ0) is 22.2. The molecule has 1 amide bonds. The third-order valence-corrected chi connectivity index (χ3v) is 5.28. The van der Waals surface area contributed by atoms with Crippen LogP contribution in [0.2, 0.25) is 0 Å². The zero-order valence-corrected chi connectivity index (χ0v) is 19.0. The number of carbonyl (C=O) groups excluding carboxylic acids is 2. The molecule has 3 rings (SSSR count). The predicted molar refractivity (Wildman–Crippen MR) is 122 cm³/mol. The number of hydrazone groups is 1. The first-order chi connectivity index (χ1) is 15.0. The lowest BCUT2D eigenvalue weighted by atomic mass is 10.00. The van der Waals surface area contributed by atoms with Gasteiger partial charge in [-0.25, -0.2) is 0 Å². The number of amides is 1. The fourth-order valence-electron chi connectivity index (χ4n) is 3.19. The Morgan fingerprint density at radius 1 is 1.19 bits per heavy atom. The molecule has 1 N–H and O–H groups in total. The SMILES string of the molecule is C/C=N\N1Cc2c(Br)cccc2C(OCc2ccccc2)=C1C(=O)NCC(=O)OCC. The Morgan fingerprint density at radius 3 is 2.68 bits per heavy atom. The summed E-state index contributed by atoms with van der Waals surface area (Å²) in [5.41, 5.74) is 2.96. The Bertz CT molecular complexity index is 1010. The number of hydrogen-bond donors (Lipinski definition) is 1. The fraction of sp³-hybridized carbons (Fsp3) is 0.261. The standard InChI is InChI=1S/C23H24BrN3O4/c1-3-26-27-14-18-17(11-8-12-19(18)24)22(31-15-16-9-6-5-7-10-16)21(27)23(29)25-13-20(28)30-4-2/h3,5-12H,4,13-15H2,1-2H3,(H,25,29)/b26-3-. The van der Waals surface area contributed by atoms with Crippen LogP contribution in [0.3, 0.4) is 0 Å². The minimum absolute atomic E-state index is 0.239. The molecule has 0 saturated carbocycles. The maximum Gasteiger partial charge on any atom is 0.325 e. The fourth-order valence-corrected chi connectivity index (χ4v) is 3.68. The lowest BCUT2D eigenvalue weighted by Crippen LogP contribution is -2.38. The smallest absolute Gasteiger partial charge is 0.325 e. The first-order valence-electron chi connectivity index (χ1n) is 9.93. The highest BCUT2D eigenvalue weighted by atomic mass is 79.9. The molecule has 0 aliphatic carbocycles. The number of ether oxygens (including phenoxy) is 2. The summed E-state index contributed by atoms with van der Waals surface area (Å²) in [7, 11) is 0. The van der Waals surface area contributed by atoms with E-state index in [1.54, 1.807) is 25.1 Å². The van der Waals surface area contributed by atoms with Crippen LogP contribution >= 0.6 is 15.9 Å². The molecule has 0 fully saturated rings. The van der Waals surface area contributed by atoms with Gasteiger partial charge in [-0.15, -0.1) is 0 Å². The van der Waals surface area contributed by atoms with E-state index < -0.39 is 11.9 Å². The Hall–Kier alpha value is -3.13. The Labute approximate surface area is 189 Å². The highest BCUT2D eigenvalue weighted by molar-refractivity contribution is 9.10. The zero-order valence-electron chi connectivity index (χ0n) is 17.4. The van der Waals surface area contributed by atoms with Crippen molar-refractivity contribution < 1.29 is 19.1 Å². The van der Waals surface area contributed by atoms with Gasteiger partial charge in [-0.3, -0.25) is 14.6 Å². The number of benzene rings is 2. The summed E-state index contributed by atoms with van der Waals surface area (Å²) < 4.78 is 12.0. The molecule has 0 bridgehead atoms. The number of hydrogen-bond acceptors (Lipinski definition) is 6. The third-order valence-electron chi connectivity index (χ3n) is 4.54. The van der Waals surface area contributed by atoms with Crippen LogP contribution in [-0.4, -0.2) is 36.3 Å². The van der Waals surface area contributed by atoms with Crippen molar-refractivity contribution in [2.75, 3.05) is 13.2 Å². The van der Waals surface area contributed by atoms with Crippen molar-refractivity contribution in [2.45, 2.75) is 27.0 Å². The van der Waals surface area contributed by atoms with Crippen molar-refractivity contribution in [1.29, 1.82) is 0 Å². The van der Waals surface area contributed by atoms with Crippen molar-refractivity contribution >= 4 is 39.8 Å². The van der Waals surface area contributed by atoms with Crippen molar-refractivity contribution in [2.24, 2.45) is 5.10 Å². The average molecular weight is 486 g/mol. The van der Waals surface area contributed by atoms with Gasteiger partial charge in [0.25, 0.3) is 5.91 Å². The Morgan fingerprint density at radius 2 is 1.97 bits per heavy atom. The molecule has 1 aliphatic rings. The Balaban J connectivity index is 2.01. The van der Waals surface area contributed by atoms with Gasteiger partial charge < -0.3 is 14.8 Å². The van der Waals surface area contributed by atoms with E-state index in [2.05, 4.69) is 26.3 Å². The third kappa shape index (κ3) is 5.52. The number of nitrogens with one attached hydrogen (secondary N) is 1. The molecule has 1 aliphatic heterocycles. The normalized spacial score (nSPS) is 13.2. The van der Waals surface area contributed by atoms with Crippen LogP contribution in [0.5, 0.6) is 0 Å². The maximum atomic E-state index is 13.1. The van der Waals surface area contributed by atoms with Gasteiger partial charge in [0.15, 0.2) is 11.5 Å². The molecule has 2 aromatic rings. The molecule has 0 aromatic heterocycles. The minimum Gasteiger partial charge on any atom is -0.486 e. The highest BCUT2D eigenvalue weighted by Crippen LogP contribution is 2.37. The molecule has 8 heteroatoms. The highest BCUT2D eigenvalue weighted by Gasteiger charge is 2.32. The summed E-state index contributed by atoms with van der Waals surface area (Å²) in [4.78, 5) is 24.9. The van der Waals surface area contributed by atoms with Crippen LogP contribution in [0.1, 0.15) is 30.5 Å². The summed E-state index contributed by atoms with van der Waals surface area (Å²) in [6.45, 7) is 4.15. The summed E-state index contributed by atoms with van der Waals surface area (Å²) >= 11 is 3.59. The number of fused-ring (bicyclic) bond motifs is 1. The van der Waals surface area contributed by atoms with E-state index in [1.807, 2.05) is 48.5 Å². The molecule has 0 saturated heterocycles. The summed E-state index contributed by atoms with van der Waals surface area (Å²) in [6, 6.07) is 15.4. The number of halogens is 1. The molecular weight excluding hydrogens is 462 g/mol. The lowest BCUT2D eigenvalue weighted by Gasteiger charge is -2.31. The van der Waals surface area contributed by atoms with Crippen LogP contribution in [0.4, 0.5) is 0 Å². The predicted octanol–water partition coefficient (Wildman–Crippen LogP) is 3.84. The van der Waals surface area contributed by atoms with E-state index in [0.717, 1.165) is 21.2 Å². The van der Waals surface area contributed by atoms with E-state index >= 15 is 0 Å². The van der Waals surface area contributed by atoms with E-state index in [9.17, 15) is 9.59 Å². The van der Waals surface area contributed by atoms with Crippen molar-refractivity contribution in [3.63, 3.8) is 0 Å². The van der Waals surface area contributed by atoms with Crippen LogP contribution in [0.15, 0.2) is 63.8 Å². The van der Waals surface area contributed by atoms with Gasteiger partial charge in [0, 0.05) is 16.3 Å². The minimum atomic E-state index is -0.507. The molecule has 7 nitrogen and oxygen atoms in total. The maximum absolute atomic E-state index is 13.1. The van der Waals surface area contributed by atoms with Gasteiger partial charge in [0.2, 0.25) is 0 Å².